The Morgan fingerprint density at radius 2 is 1.94 bits per heavy atom. The predicted octanol–water partition coefficient (Wildman–Crippen LogP) is 4.71. The molecule has 0 atom stereocenters. The number of hydrogen-bond acceptors (Lipinski definition) is 3. The third-order valence-corrected chi connectivity index (χ3v) is 3.73. The van der Waals surface area contributed by atoms with E-state index in [9.17, 15) is 10.1 Å². The number of hydrogen-bond donors (Lipinski definition) is 0. The molecule has 0 N–H and O–H groups in total. The van der Waals surface area contributed by atoms with Gasteiger partial charge < -0.3 is 0 Å². The topological polar surface area (TPSA) is 43.1 Å². The first kappa shape index (κ1) is 12.8. The molecular weight excluding hydrogens is 270 g/mol. The van der Waals surface area contributed by atoms with Crippen molar-refractivity contribution < 1.29 is 4.92 Å². The van der Waals surface area contributed by atoms with Crippen LogP contribution in [-0.2, 0) is 0 Å². The van der Waals surface area contributed by atoms with Crippen molar-refractivity contribution in [1.29, 1.82) is 0 Å². The van der Waals surface area contributed by atoms with Crippen molar-refractivity contribution in [2.75, 3.05) is 0 Å². The van der Waals surface area contributed by atoms with Crippen LogP contribution in [0.1, 0.15) is 11.8 Å². The summed E-state index contributed by atoms with van der Waals surface area (Å²) in [5, 5.41) is 11.2. The summed E-state index contributed by atoms with van der Waals surface area (Å²) in [6.45, 7) is 1.49. The van der Waals surface area contributed by atoms with Crippen molar-refractivity contribution in [2.45, 2.75) is 6.92 Å². The molecule has 3 nitrogen and oxygen atoms in total. The van der Waals surface area contributed by atoms with E-state index in [-0.39, 0.29) is 10.6 Å². The molecule has 0 bridgehead atoms. The third-order valence-electron chi connectivity index (χ3n) is 2.39. The minimum Gasteiger partial charge on any atom is -0.259 e. The average Bonchev–Trinajstić information content (AvgIpc) is 2.78. The van der Waals surface area contributed by atoms with Crippen molar-refractivity contribution in [1.82, 2.24) is 0 Å². The molecule has 0 fully saturated rings. The fourth-order valence-corrected chi connectivity index (χ4v) is 2.59. The molecule has 0 aliphatic heterocycles. The van der Waals surface area contributed by atoms with Crippen LogP contribution in [0.2, 0.25) is 5.02 Å². The molecule has 18 heavy (non-hydrogen) atoms. The van der Waals surface area contributed by atoms with Crippen LogP contribution in [0.4, 0.5) is 0 Å². The second-order valence-electron chi connectivity index (χ2n) is 3.75. The molecule has 0 spiro atoms. The minimum absolute atomic E-state index is 0.138. The highest BCUT2D eigenvalue weighted by Crippen LogP contribution is 2.30. The monoisotopic (exact) mass is 279 g/mol. The number of rotatable bonds is 3. The molecule has 1 heterocycles. The quantitative estimate of drug-likeness (QED) is 0.603. The summed E-state index contributed by atoms with van der Waals surface area (Å²) in [5.41, 5.74) is 1.20. The normalized spacial score (nSPS) is 11.6. The second-order valence-corrected chi connectivity index (χ2v) is 5.30. The number of benzene rings is 1. The number of nitrogens with zero attached hydrogens (tertiary/aromatic N) is 1. The molecular formula is C13H10ClNO2S. The van der Waals surface area contributed by atoms with Gasteiger partial charge >= 0.3 is 0 Å². The molecule has 0 aliphatic rings. The first-order valence-electron chi connectivity index (χ1n) is 5.25. The van der Waals surface area contributed by atoms with Gasteiger partial charge in [0, 0.05) is 27.8 Å². The van der Waals surface area contributed by atoms with Gasteiger partial charge in [-0.1, -0.05) is 23.7 Å². The maximum Gasteiger partial charge on any atom is 0.244 e. The lowest BCUT2D eigenvalue weighted by Crippen LogP contribution is -1.91. The largest absolute Gasteiger partial charge is 0.259 e. The number of thiophene rings is 1. The lowest BCUT2D eigenvalue weighted by molar-refractivity contribution is -0.422. The zero-order valence-corrected chi connectivity index (χ0v) is 11.2. The van der Waals surface area contributed by atoms with Crippen molar-refractivity contribution >= 4 is 29.0 Å². The fraction of sp³-hybridized carbons (Fsp3) is 0.0769. The highest BCUT2D eigenvalue weighted by atomic mass is 35.5. The van der Waals surface area contributed by atoms with Gasteiger partial charge in [-0.05, 0) is 29.8 Å². The number of allylic oxidation sites excluding steroid dienone is 1. The van der Waals surface area contributed by atoms with Gasteiger partial charge in [-0.2, -0.15) is 0 Å². The van der Waals surface area contributed by atoms with Crippen LogP contribution in [0.15, 0.2) is 42.1 Å². The van der Waals surface area contributed by atoms with E-state index in [2.05, 4.69) is 0 Å². The van der Waals surface area contributed by atoms with Crippen LogP contribution in [0.5, 0.6) is 0 Å². The van der Waals surface area contributed by atoms with Gasteiger partial charge in [0.25, 0.3) is 0 Å². The minimum atomic E-state index is -0.387. The molecule has 1 aromatic heterocycles. The summed E-state index contributed by atoms with van der Waals surface area (Å²) in [6, 6.07) is 11.3. The van der Waals surface area contributed by atoms with Crippen LogP contribution in [-0.4, -0.2) is 4.92 Å². The van der Waals surface area contributed by atoms with Gasteiger partial charge in [-0.15, -0.1) is 11.3 Å². The Hall–Kier alpha value is -1.65. The first-order chi connectivity index (χ1) is 8.56. The summed E-state index contributed by atoms with van der Waals surface area (Å²) in [6.07, 6.45) is 1.57. The van der Waals surface area contributed by atoms with Crippen molar-refractivity contribution in [3.63, 3.8) is 0 Å². The van der Waals surface area contributed by atoms with Crippen LogP contribution in [0, 0.1) is 10.1 Å². The predicted molar refractivity (Wildman–Crippen MR) is 75.4 cm³/mol. The molecule has 0 aliphatic carbocycles. The third kappa shape index (κ3) is 2.97. The summed E-state index contributed by atoms with van der Waals surface area (Å²) in [5.74, 6) is 0. The van der Waals surface area contributed by atoms with Crippen LogP contribution < -0.4 is 0 Å². The zero-order chi connectivity index (χ0) is 13.1. The van der Waals surface area contributed by atoms with Gasteiger partial charge in [0.1, 0.15) is 0 Å². The maximum absolute atomic E-state index is 10.5. The SMILES string of the molecule is CC(=Cc1ccc(-c2ccc(Cl)cc2)s1)[N+](=O)[O-]. The molecule has 1 aromatic carbocycles. The fourth-order valence-electron chi connectivity index (χ4n) is 1.46. The zero-order valence-electron chi connectivity index (χ0n) is 9.59. The molecule has 0 saturated heterocycles. The Labute approximate surface area is 113 Å². The van der Waals surface area contributed by atoms with E-state index in [1.165, 1.54) is 18.3 Å². The number of nitro groups is 1. The Kier molecular flexibility index (Phi) is 3.79. The highest BCUT2D eigenvalue weighted by molar-refractivity contribution is 7.16. The summed E-state index contributed by atoms with van der Waals surface area (Å²) < 4.78 is 0. The molecule has 0 unspecified atom stereocenters. The maximum atomic E-state index is 10.5. The molecule has 0 saturated carbocycles. The van der Waals surface area contributed by atoms with E-state index in [0.29, 0.717) is 5.02 Å². The van der Waals surface area contributed by atoms with Gasteiger partial charge in [0.15, 0.2) is 0 Å². The van der Waals surface area contributed by atoms with Crippen LogP contribution >= 0.6 is 22.9 Å². The van der Waals surface area contributed by atoms with Gasteiger partial charge in [0.2, 0.25) is 5.70 Å². The molecule has 0 amide bonds. The smallest absolute Gasteiger partial charge is 0.244 e. The molecule has 2 rings (SSSR count). The molecule has 0 radical (unpaired) electrons. The van der Waals surface area contributed by atoms with E-state index >= 15 is 0 Å². The average molecular weight is 280 g/mol. The van der Waals surface area contributed by atoms with E-state index in [1.54, 1.807) is 6.08 Å². The van der Waals surface area contributed by atoms with Crippen LogP contribution in [0.25, 0.3) is 16.5 Å². The Morgan fingerprint density at radius 3 is 2.56 bits per heavy atom. The van der Waals surface area contributed by atoms with E-state index in [0.717, 1.165) is 15.3 Å². The van der Waals surface area contributed by atoms with E-state index in [1.807, 2.05) is 36.4 Å². The van der Waals surface area contributed by atoms with Crippen molar-refractivity contribution in [3.05, 3.63) is 62.1 Å². The molecule has 5 heteroatoms. The van der Waals surface area contributed by atoms with Gasteiger partial charge in [-0.25, -0.2) is 0 Å². The Morgan fingerprint density at radius 1 is 1.28 bits per heavy atom. The Bertz CT molecular complexity index is 602. The number of halogens is 1. The second kappa shape index (κ2) is 5.33. The summed E-state index contributed by atoms with van der Waals surface area (Å²) in [7, 11) is 0. The van der Waals surface area contributed by atoms with Gasteiger partial charge in [0.05, 0.1) is 4.92 Å². The molecule has 2 aromatic rings. The summed E-state index contributed by atoms with van der Waals surface area (Å²) >= 11 is 7.34. The first-order valence-corrected chi connectivity index (χ1v) is 6.44. The van der Waals surface area contributed by atoms with E-state index in [4.69, 9.17) is 11.6 Å². The van der Waals surface area contributed by atoms with Gasteiger partial charge in [-0.3, -0.25) is 10.1 Å². The van der Waals surface area contributed by atoms with E-state index < -0.39 is 0 Å². The van der Waals surface area contributed by atoms with Crippen molar-refractivity contribution in [2.24, 2.45) is 0 Å². The standard InChI is InChI=1S/C13H10ClNO2S/c1-9(15(16)17)8-12-6-7-13(18-12)10-2-4-11(14)5-3-10/h2-8H,1H3. The lowest BCUT2D eigenvalue weighted by atomic mass is 10.2. The summed E-state index contributed by atoms with van der Waals surface area (Å²) in [4.78, 5) is 12.1. The molecule has 92 valence electrons. The van der Waals surface area contributed by atoms with Crippen molar-refractivity contribution in [3.8, 4) is 10.4 Å². The highest BCUT2D eigenvalue weighted by Gasteiger charge is 2.05. The Balaban J connectivity index is 2.28. The van der Waals surface area contributed by atoms with Crippen LogP contribution in [0.3, 0.4) is 0 Å². The lowest BCUT2D eigenvalue weighted by Gasteiger charge is -1.96.